The fraction of sp³-hybridized carbons (Fsp3) is 0.357. The first-order chi connectivity index (χ1) is 9.29. The predicted octanol–water partition coefficient (Wildman–Crippen LogP) is 2.06. The second-order valence-electron chi connectivity index (χ2n) is 4.18. The van der Waals surface area contributed by atoms with Crippen molar-refractivity contribution in [3.05, 3.63) is 42.1 Å². The lowest BCUT2D eigenvalue weighted by molar-refractivity contribution is 0.146. The van der Waals surface area contributed by atoms with Gasteiger partial charge in [-0.2, -0.15) is 5.10 Å². The van der Waals surface area contributed by atoms with Crippen LogP contribution in [-0.2, 0) is 18.3 Å². The van der Waals surface area contributed by atoms with E-state index in [1.54, 1.807) is 11.8 Å². The minimum Gasteiger partial charge on any atom is -0.491 e. The third-order valence-electron chi connectivity index (χ3n) is 2.69. The van der Waals surface area contributed by atoms with Crippen molar-refractivity contribution in [2.24, 2.45) is 7.05 Å². The molecule has 1 aromatic heterocycles. The molecule has 0 aliphatic rings. The van der Waals surface area contributed by atoms with E-state index < -0.39 is 0 Å². The molecule has 5 nitrogen and oxygen atoms in total. The van der Waals surface area contributed by atoms with Crippen LogP contribution in [0.2, 0.25) is 0 Å². The van der Waals surface area contributed by atoms with Gasteiger partial charge >= 0.3 is 0 Å². The Hall–Kier alpha value is -2.01. The number of nitrogens with one attached hydrogen (secondary N) is 1. The Morgan fingerprint density at radius 3 is 2.79 bits per heavy atom. The molecule has 19 heavy (non-hydrogen) atoms. The molecular formula is C14H19N3O2. The van der Waals surface area contributed by atoms with E-state index in [4.69, 9.17) is 9.47 Å². The van der Waals surface area contributed by atoms with Gasteiger partial charge in [-0.25, -0.2) is 0 Å². The predicted molar refractivity (Wildman–Crippen MR) is 74.3 cm³/mol. The van der Waals surface area contributed by atoms with E-state index in [-0.39, 0.29) is 0 Å². The summed E-state index contributed by atoms with van der Waals surface area (Å²) in [6.07, 6.45) is 1.91. The maximum Gasteiger partial charge on any atom is 0.148 e. The number of anilines is 1. The number of hydrogen-bond donors (Lipinski definition) is 1. The zero-order chi connectivity index (χ0) is 13.5. The summed E-state index contributed by atoms with van der Waals surface area (Å²) in [6.45, 7) is 1.82. The summed E-state index contributed by atoms with van der Waals surface area (Å²) in [5.74, 6) is 1.73. The Bertz CT molecular complexity index is 511. The summed E-state index contributed by atoms with van der Waals surface area (Å²) in [4.78, 5) is 0. The molecule has 0 saturated carbocycles. The molecule has 5 heteroatoms. The number of hydrogen-bond acceptors (Lipinski definition) is 4. The van der Waals surface area contributed by atoms with Gasteiger partial charge in [-0.15, -0.1) is 0 Å². The average molecular weight is 261 g/mol. The number of nitrogens with zero attached hydrogens (tertiary/aromatic N) is 2. The van der Waals surface area contributed by atoms with E-state index >= 15 is 0 Å². The van der Waals surface area contributed by atoms with Gasteiger partial charge in [0.25, 0.3) is 0 Å². The quantitative estimate of drug-likeness (QED) is 0.775. The molecule has 1 aromatic carbocycles. The van der Waals surface area contributed by atoms with E-state index in [2.05, 4.69) is 10.4 Å². The zero-order valence-corrected chi connectivity index (χ0v) is 11.3. The van der Waals surface area contributed by atoms with Gasteiger partial charge in [0.1, 0.15) is 18.2 Å². The van der Waals surface area contributed by atoms with Crippen LogP contribution >= 0.6 is 0 Å². The summed E-state index contributed by atoms with van der Waals surface area (Å²) >= 11 is 0. The van der Waals surface area contributed by atoms with Gasteiger partial charge < -0.3 is 14.8 Å². The lowest BCUT2D eigenvalue weighted by atomic mass is 10.2. The van der Waals surface area contributed by atoms with Crippen molar-refractivity contribution in [2.45, 2.75) is 6.54 Å². The number of benzene rings is 1. The summed E-state index contributed by atoms with van der Waals surface area (Å²) < 4.78 is 12.4. The van der Waals surface area contributed by atoms with Crippen LogP contribution in [0.25, 0.3) is 0 Å². The molecule has 0 aliphatic carbocycles. The monoisotopic (exact) mass is 261 g/mol. The normalized spacial score (nSPS) is 10.4. The first kappa shape index (κ1) is 13.4. The van der Waals surface area contributed by atoms with Gasteiger partial charge in [-0.1, -0.05) is 18.2 Å². The van der Waals surface area contributed by atoms with E-state index in [1.807, 2.05) is 43.6 Å². The molecule has 0 spiro atoms. The van der Waals surface area contributed by atoms with Crippen LogP contribution in [0, 0.1) is 0 Å². The second-order valence-corrected chi connectivity index (χ2v) is 4.18. The fourth-order valence-corrected chi connectivity index (χ4v) is 1.72. The van der Waals surface area contributed by atoms with Crippen molar-refractivity contribution in [3.63, 3.8) is 0 Å². The molecule has 2 rings (SSSR count). The number of ether oxygens (including phenoxy) is 2. The third-order valence-corrected chi connectivity index (χ3v) is 2.69. The molecule has 102 valence electrons. The van der Waals surface area contributed by atoms with Gasteiger partial charge in [0.05, 0.1) is 6.61 Å². The largest absolute Gasteiger partial charge is 0.491 e. The zero-order valence-electron chi connectivity index (χ0n) is 11.3. The molecule has 0 unspecified atom stereocenters. The van der Waals surface area contributed by atoms with Crippen LogP contribution in [0.15, 0.2) is 36.5 Å². The van der Waals surface area contributed by atoms with Crippen molar-refractivity contribution in [3.8, 4) is 5.75 Å². The number of rotatable bonds is 7. The highest BCUT2D eigenvalue weighted by Crippen LogP contribution is 2.19. The lowest BCUT2D eigenvalue weighted by Gasteiger charge is -2.11. The molecule has 0 bridgehead atoms. The Kier molecular flexibility index (Phi) is 4.80. The van der Waals surface area contributed by atoms with Crippen LogP contribution in [0.4, 0.5) is 5.82 Å². The van der Waals surface area contributed by atoms with Gasteiger partial charge in [-0.05, 0) is 6.07 Å². The molecule has 0 saturated heterocycles. The second kappa shape index (κ2) is 6.80. The Morgan fingerprint density at radius 1 is 1.21 bits per heavy atom. The molecule has 1 heterocycles. The minimum absolute atomic E-state index is 0.553. The fourth-order valence-electron chi connectivity index (χ4n) is 1.72. The van der Waals surface area contributed by atoms with E-state index in [1.165, 1.54) is 0 Å². The Balaban J connectivity index is 1.95. The Labute approximate surface area is 113 Å². The SMILES string of the molecule is COCCOc1ccccc1CNc1ccn(C)n1. The molecule has 2 aromatic rings. The number of aromatic nitrogens is 2. The molecule has 0 atom stereocenters. The maximum absolute atomic E-state index is 5.68. The smallest absolute Gasteiger partial charge is 0.148 e. The van der Waals surface area contributed by atoms with Gasteiger partial charge in [0.2, 0.25) is 0 Å². The van der Waals surface area contributed by atoms with Gasteiger partial charge in [0, 0.05) is 38.5 Å². The van der Waals surface area contributed by atoms with Crippen molar-refractivity contribution in [1.29, 1.82) is 0 Å². The summed E-state index contributed by atoms with van der Waals surface area (Å²) in [5, 5.41) is 7.54. The lowest BCUT2D eigenvalue weighted by Crippen LogP contribution is -2.08. The van der Waals surface area contributed by atoms with E-state index in [9.17, 15) is 0 Å². The van der Waals surface area contributed by atoms with Crippen molar-refractivity contribution in [1.82, 2.24) is 9.78 Å². The van der Waals surface area contributed by atoms with Crippen LogP contribution in [-0.4, -0.2) is 30.1 Å². The van der Waals surface area contributed by atoms with E-state index in [0.717, 1.165) is 17.1 Å². The Morgan fingerprint density at radius 2 is 2.05 bits per heavy atom. The highest BCUT2D eigenvalue weighted by atomic mass is 16.5. The number of methoxy groups -OCH3 is 1. The average Bonchev–Trinajstić information content (AvgIpc) is 2.84. The number of aryl methyl sites for hydroxylation is 1. The molecule has 0 amide bonds. The molecule has 1 N–H and O–H groups in total. The van der Waals surface area contributed by atoms with Crippen molar-refractivity contribution in [2.75, 3.05) is 25.6 Å². The summed E-state index contributed by atoms with van der Waals surface area (Å²) in [5.41, 5.74) is 1.10. The minimum atomic E-state index is 0.553. The van der Waals surface area contributed by atoms with Crippen molar-refractivity contribution < 1.29 is 9.47 Å². The van der Waals surface area contributed by atoms with Crippen molar-refractivity contribution >= 4 is 5.82 Å². The van der Waals surface area contributed by atoms with Gasteiger partial charge in [0.15, 0.2) is 0 Å². The van der Waals surface area contributed by atoms with Crippen LogP contribution in [0.5, 0.6) is 5.75 Å². The molecule has 0 fully saturated rings. The summed E-state index contributed by atoms with van der Waals surface area (Å²) in [6, 6.07) is 9.91. The van der Waals surface area contributed by atoms with Crippen LogP contribution in [0.1, 0.15) is 5.56 Å². The van der Waals surface area contributed by atoms with Crippen LogP contribution < -0.4 is 10.1 Å². The first-order valence-electron chi connectivity index (χ1n) is 6.23. The third kappa shape index (κ3) is 3.99. The standard InChI is InChI=1S/C14H19N3O2/c1-17-8-7-14(16-17)15-11-12-5-3-4-6-13(12)19-10-9-18-2/h3-8H,9-11H2,1-2H3,(H,15,16). The highest BCUT2D eigenvalue weighted by Gasteiger charge is 2.03. The van der Waals surface area contributed by atoms with Gasteiger partial charge in [-0.3, -0.25) is 4.68 Å². The topological polar surface area (TPSA) is 48.3 Å². The highest BCUT2D eigenvalue weighted by molar-refractivity contribution is 5.39. The number of para-hydroxylation sites is 1. The molecule has 0 radical (unpaired) electrons. The molecular weight excluding hydrogens is 242 g/mol. The van der Waals surface area contributed by atoms with Crippen LogP contribution in [0.3, 0.4) is 0 Å². The first-order valence-corrected chi connectivity index (χ1v) is 6.23. The van der Waals surface area contributed by atoms with E-state index in [0.29, 0.717) is 19.8 Å². The molecule has 0 aliphatic heterocycles. The summed E-state index contributed by atoms with van der Waals surface area (Å²) in [7, 11) is 3.56. The maximum atomic E-state index is 5.68.